The molecule has 0 spiro atoms. The number of rotatable bonds is 44. The predicted octanol–water partition coefficient (Wildman–Crippen LogP) is -1.82. The smallest absolute Gasteiger partial charge is 0.326 e. The Labute approximate surface area is 743 Å². The highest BCUT2D eigenvalue weighted by atomic mass is 33.1. The van der Waals surface area contributed by atoms with Gasteiger partial charge in [0.25, 0.3) is 0 Å². The number of H-pyrrole nitrogens is 1. The highest BCUT2D eigenvalue weighted by molar-refractivity contribution is 8.76. The second-order valence-corrected chi connectivity index (χ2v) is 35.9. The summed E-state index contributed by atoms with van der Waals surface area (Å²) in [6, 6.07) is 7.63. The predicted molar refractivity (Wildman–Crippen MR) is 463 cm³/mol. The van der Waals surface area contributed by atoms with Gasteiger partial charge in [0.1, 0.15) is 53.8 Å². The van der Waals surface area contributed by atoms with Crippen LogP contribution in [0.3, 0.4) is 0 Å². The minimum absolute atomic E-state index is 0.00563. The number of carbonyl (C=O) groups excluding carboxylic acids is 14. The van der Waals surface area contributed by atoms with Gasteiger partial charge >= 0.3 is 23.9 Å². The zero-order valence-electron chi connectivity index (χ0n) is 70.9. The first-order valence-corrected chi connectivity index (χ1v) is 45.7. The molecule has 41 nitrogen and oxygen atoms in total. The van der Waals surface area contributed by atoms with Crippen LogP contribution in [0.2, 0.25) is 0 Å². The Kier molecular flexibility index (Phi) is 41.8. The molecule has 7 unspecified atom stereocenters. The van der Waals surface area contributed by atoms with Crippen LogP contribution < -0.4 is 79.6 Å². The minimum Gasteiger partial charge on any atom is -0.610 e. The van der Waals surface area contributed by atoms with Crippen molar-refractivity contribution in [3.8, 4) is 5.75 Å². The summed E-state index contributed by atoms with van der Waals surface area (Å²) in [6.07, 6.45) is -2.17. The number of carboxylic acid groups (broad SMARTS) is 3. The van der Waals surface area contributed by atoms with Crippen molar-refractivity contribution in [3.05, 3.63) is 95.6 Å². The Morgan fingerprint density at radius 2 is 1.30 bits per heavy atom. The van der Waals surface area contributed by atoms with Crippen molar-refractivity contribution in [2.75, 3.05) is 57.4 Å². The van der Waals surface area contributed by atoms with E-state index >= 15 is 9.35 Å². The average molecular weight is 1830 g/mol. The molecule has 1 saturated heterocycles. The number of aromatic amines is 1. The van der Waals surface area contributed by atoms with E-state index in [2.05, 4.69) is 68.8 Å². The van der Waals surface area contributed by atoms with Gasteiger partial charge in [-0.05, 0) is 67.7 Å². The number of nitrogens with one attached hydrogen (secondary N) is 14. The first-order valence-electron chi connectivity index (χ1n) is 42.0. The van der Waals surface area contributed by atoms with Crippen molar-refractivity contribution in [1.82, 2.24) is 79.0 Å². The van der Waals surface area contributed by atoms with Gasteiger partial charge in [0.2, 0.25) is 75.9 Å². The Morgan fingerprint density at radius 1 is 0.677 bits per heavy atom. The summed E-state index contributed by atoms with van der Waals surface area (Å²) >= 11 is -2.47. The summed E-state index contributed by atoms with van der Waals surface area (Å²) in [5.41, 5.74) is 5.09. The molecule has 696 valence electrons. The fourth-order valence-corrected chi connectivity index (χ4v) is 18.1. The van der Waals surface area contributed by atoms with Crippen LogP contribution >= 0.6 is 21.6 Å². The SMILES string of the molecule is CC[C@H](C)[C@@H]1NC(=O)CNC(=O)C2Cc3c([nH]c4cc(OCCCSSC(C)CCNC(=O)[C@H](Cc5ccccc5)NC(=O)[C@H](Cc5ccccc5)NC(=O)CCCCCCCNC(=O)CCC(NC(=O)NC(CCC(=O)O)C(=O)O)C(=O)O)ccc34)[S+]([O-])CC(NC(=O)CNC1=O)C(=O)N[C@@H](CC(N)=O)C(=O)N1C[C@H](O)CC1(C=O)N[C@@H]([C@@H](C)[C@@H](O)CO)C(=O)N2. The zero-order valence-corrected chi connectivity index (χ0v) is 73.4. The van der Waals surface area contributed by atoms with Crippen molar-refractivity contribution in [3.63, 3.8) is 0 Å². The molecule has 16 atom stereocenters. The van der Waals surface area contributed by atoms with Gasteiger partial charge in [0.15, 0.2) is 18.0 Å². The molecular weight excluding hydrogens is 1720 g/mol. The quantitative estimate of drug-likeness (QED) is 0.0100. The molecule has 1 aromatic heterocycles. The van der Waals surface area contributed by atoms with Crippen LogP contribution in [0.25, 0.3) is 10.9 Å². The second kappa shape index (κ2) is 51.6. The summed E-state index contributed by atoms with van der Waals surface area (Å²) < 4.78 is 21.5. The molecule has 4 heterocycles. The molecule has 1 fully saturated rings. The van der Waals surface area contributed by atoms with Gasteiger partial charge in [-0.2, -0.15) is 0 Å². The number of fused-ring (bicyclic) bond motifs is 5. The van der Waals surface area contributed by atoms with Crippen molar-refractivity contribution >= 4 is 145 Å². The van der Waals surface area contributed by atoms with Crippen molar-refractivity contribution in [1.29, 1.82) is 0 Å². The number of hydrogen-bond donors (Lipinski definition) is 21. The highest BCUT2D eigenvalue weighted by Gasteiger charge is 2.53. The van der Waals surface area contributed by atoms with Crippen LogP contribution in [0.15, 0.2) is 83.9 Å². The maximum absolute atomic E-state index is 15.3. The maximum atomic E-state index is 15.3. The lowest BCUT2D eigenvalue weighted by Gasteiger charge is -2.40. The number of nitrogens with two attached hydrogens (primary N) is 1. The van der Waals surface area contributed by atoms with Crippen LogP contribution in [0.5, 0.6) is 5.75 Å². The molecule has 2 bridgehead atoms. The van der Waals surface area contributed by atoms with Crippen molar-refractivity contribution < 1.29 is 121 Å². The number of aromatic nitrogens is 1. The van der Waals surface area contributed by atoms with E-state index in [-0.39, 0.29) is 90.7 Å². The lowest BCUT2D eigenvalue weighted by atomic mass is 9.92. The number of amides is 14. The van der Waals surface area contributed by atoms with Gasteiger partial charge in [-0.25, -0.2) is 14.4 Å². The van der Waals surface area contributed by atoms with Crippen LogP contribution in [0.4, 0.5) is 4.79 Å². The van der Waals surface area contributed by atoms with E-state index in [0.717, 1.165) is 16.0 Å². The lowest BCUT2D eigenvalue weighted by Crippen LogP contribution is -2.69. The third-order valence-corrected chi connectivity index (χ3v) is 26.1. The van der Waals surface area contributed by atoms with E-state index in [1.807, 2.05) is 60.8 Å². The fraction of sp³-hybridized carbons (Fsp3) is 0.554. The molecule has 0 saturated carbocycles. The van der Waals surface area contributed by atoms with Gasteiger partial charge in [-0.1, -0.05) is 136 Å². The monoisotopic (exact) mass is 1830 g/mol. The summed E-state index contributed by atoms with van der Waals surface area (Å²) in [4.78, 5) is 232. The van der Waals surface area contributed by atoms with Gasteiger partial charge in [-0.15, -0.1) is 0 Å². The number of carbonyl (C=O) groups is 17. The molecular formula is C83H116N16O25S3. The van der Waals surface area contributed by atoms with E-state index in [1.165, 1.54) is 6.92 Å². The molecule has 3 aliphatic heterocycles. The number of nitrogens with zero attached hydrogens (tertiary/aromatic N) is 1. The zero-order chi connectivity index (χ0) is 93.0. The van der Waals surface area contributed by atoms with E-state index in [9.17, 15) is 102 Å². The Balaban J connectivity index is 0.978. The number of aliphatic hydroxyl groups excluding tert-OH is 3. The lowest BCUT2D eigenvalue weighted by molar-refractivity contribution is -0.147. The first kappa shape index (κ1) is 103. The normalized spacial score (nSPS) is 21.6. The van der Waals surface area contributed by atoms with Gasteiger partial charge in [0.05, 0.1) is 56.5 Å². The molecule has 0 aliphatic carbocycles. The van der Waals surface area contributed by atoms with Crippen LogP contribution in [0.1, 0.15) is 141 Å². The number of aldehydes is 1. The Morgan fingerprint density at radius 3 is 1.92 bits per heavy atom. The van der Waals surface area contributed by atoms with E-state index in [4.69, 9.17) is 15.6 Å². The van der Waals surface area contributed by atoms with Crippen molar-refractivity contribution in [2.45, 2.75) is 226 Å². The maximum Gasteiger partial charge on any atom is 0.326 e. The molecule has 14 amide bonds. The number of urea groups is 1. The second-order valence-electron chi connectivity index (χ2n) is 31.5. The number of ether oxygens (including phenoxy) is 1. The molecule has 44 heteroatoms. The Bertz CT molecular complexity index is 4480. The minimum atomic E-state index is -2.47. The molecule has 3 aliphatic rings. The first-order chi connectivity index (χ1) is 60.5. The van der Waals surface area contributed by atoms with E-state index < -0.39 is 248 Å². The standard InChI is InChI=1S/C83H116N16O25S3/c1-5-46(2)70-76(115)88-40-67(107)90-62-44-127(123)78-54(37-60(73(112)87-41-68(108)97-70)92-77(116)71(48(4)63(103)43-100)98-83(45-101)39-51(102)42-99(83)79(117)61(38-64(84)104)93-75(62)114)53-24-23-52(36-57(53)94-78)124-32-17-33-125-126-47(3)29-31-86-72(111)58(34-49-18-11-9-12-19-49)91-74(113)59(35-50-20-13-10-14-21-50)89-66(106)22-15-7-6-8-16-30-85-65(105)27-25-55(80(118)119)95-82(122)96-56(81(120)121)26-28-69(109)110/h9-14,18-21,23-24,36,45-48,51,55-56,58-63,70-71,94,98,100,102-103H,5-8,15-17,22,25-35,37-44H2,1-4H3,(H2,84,104)(H,85,105)(H,86,111)(H,87,112)(H,88,115)(H,89,106)(H,90,107)(H,91,113)(H,92,116)(H,93,114)(H,97,108)(H,109,110)(H,118,119)(H,120,121)(H2,95,96,122)/t46-,47?,48-,51+,55?,56?,58-,59-,60?,61-,62?,63-,70-,71-,83?,127?/m0/s1. The number of carboxylic acids is 3. The number of primary amides is 1. The van der Waals surface area contributed by atoms with E-state index in [0.29, 0.717) is 62.9 Å². The molecule has 4 aromatic rings. The highest BCUT2D eigenvalue weighted by Crippen LogP contribution is 2.34. The summed E-state index contributed by atoms with van der Waals surface area (Å²) in [5, 5.41) is 93.7. The van der Waals surface area contributed by atoms with Crippen LogP contribution in [-0.4, -0.2) is 281 Å². The third-order valence-electron chi connectivity index (χ3n) is 21.6. The Hall–Kier alpha value is -11.2. The topological polar surface area (TPSA) is 645 Å². The molecule has 127 heavy (non-hydrogen) atoms. The average Bonchev–Trinajstić information content (AvgIpc) is 1.62. The van der Waals surface area contributed by atoms with Crippen LogP contribution in [-0.2, 0) is 107 Å². The van der Waals surface area contributed by atoms with Gasteiger partial charge < -0.3 is 119 Å². The largest absolute Gasteiger partial charge is 0.610 e. The summed E-state index contributed by atoms with van der Waals surface area (Å²) in [5.74, 6) is -16.7. The van der Waals surface area contributed by atoms with E-state index in [1.54, 1.807) is 65.8 Å². The molecule has 0 radical (unpaired) electrons. The summed E-state index contributed by atoms with van der Waals surface area (Å²) in [7, 11) is 3.13. The van der Waals surface area contributed by atoms with Crippen LogP contribution in [0, 0.1) is 11.8 Å². The molecule has 22 N–H and O–H groups in total. The number of benzene rings is 3. The number of aliphatic carboxylic acids is 3. The van der Waals surface area contributed by atoms with Crippen molar-refractivity contribution in [2.24, 2.45) is 17.6 Å². The molecule has 7 rings (SSSR count). The fourth-order valence-electron chi connectivity index (χ4n) is 14.3. The number of aliphatic hydroxyl groups is 3. The molecule has 3 aromatic carbocycles. The number of unbranched alkanes of at least 4 members (excludes halogenated alkanes) is 4. The van der Waals surface area contributed by atoms with Gasteiger partial charge in [-0.3, -0.25) is 72.4 Å². The third kappa shape index (κ3) is 32.9. The number of hydrogen-bond acceptors (Lipinski definition) is 25. The summed E-state index contributed by atoms with van der Waals surface area (Å²) in [6.45, 7) is 4.07. The van der Waals surface area contributed by atoms with Gasteiger partial charge in [0, 0.05) is 110 Å².